The quantitative estimate of drug-likeness (QED) is 0.617. The number of rotatable bonds is 9. The van der Waals surface area contributed by atoms with Crippen LogP contribution in [-0.2, 0) is 9.53 Å². The van der Waals surface area contributed by atoms with E-state index in [-0.39, 0.29) is 11.9 Å². The fourth-order valence-electron chi connectivity index (χ4n) is 2.63. The van der Waals surface area contributed by atoms with Crippen molar-refractivity contribution in [2.24, 2.45) is 5.92 Å². The van der Waals surface area contributed by atoms with Crippen LogP contribution in [0.3, 0.4) is 0 Å². The molecule has 0 aromatic carbocycles. The molecular weight excluding hydrogens is 228 g/mol. The normalized spacial score (nSPS) is 17.9. The third-order valence-electron chi connectivity index (χ3n) is 3.55. The second-order valence-corrected chi connectivity index (χ2v) is 5.39. The van der Waals surface area contributed by atoms with Crippen molar-refractivity contribution in [1.82, 2.24) is 10.6 Å². The Kier molecular flexibility index (Phi) is 8.01. The monoisotopic (exact) mass is 256 g/mol. The van der Waals surface area contributed by atoms with Crippen LogP contribution in [0.25, 0.3) is 0 Å². The lowest BCUT2D eigenvalue weighted by atomic mass is 10.0. The van der Waals surface area contributed by atoms with Crippen LogP contribution in [-0.4, -0.2) is 38.8 Å². The maximum absolute atomic E-state index is 11.5. The molecule has 0 spiro atoms. The summed E-state index contributed by atoms with van der Waals surface area (Å²) in [5.74, 6) is 1.00. The van der Waals surface area contributed by atoms with Crippen LogP contribution >= 0.6 is 0 Å². The summed E-state index contributed by atoms with van der Waals surface area (Å²) in [5, 5.41) is 6.09. The number of methoxy groups -OCH3 is 1. The first-order chi connectivity index (χ1) is 8.72. The van der Waals surface area contributed by atoms with E-state index in [1.165, 1.54) is 38.5 Å². The van der Waals surface area contributed by atoms with E-state index < -0.39 is 0 Å². The summed E-state index contributed by atoms with van der Waals surface area (Å²) in [7, 11) is 1.64. The molecule has 0 saturated heterocycles. The number of hydrogen-bond acceptors (Lipinski definition) is 3. The van der Waals surface area contributed by atoms with Crippen molar-refractivity contribution in [1.29, 1.82) is 0 Å². The summed E-state index contributed by atoms with van der Waals surface area (Å²) in [6.07, 6.45) is 8.15. The van der Waals surface area contributed by atoms with Gasteiger partial charge in [0.05, 0.1) is 13.2 Å². The van der Waals surface area contributed by atoms with Crippen LogP contribution in [0.2, 0.25) is 0 Å². The van der Waals surface area contributed by atoms with E-state index in [2.05, 4.69) is 10.6 Å². The van der Waals surface area contributed by atoms with Crippen molar-refractivity contribution in [3.63, 3.8) is 0 Å². The lowest BCUT2D eigenvalue weighted by Crippen LogP contribution is -2.41. The number of nitrogens with one attached hydrogen (secondary N) is 2. The fraction of sp³-hybridized carbons (Fsp3) is 0.929. The molecule has 4 heteroatoms. The lowest BCUT2D eigenvalue weighted by Gasteiger charge is -2.13. The average Bonchev–Trinajstić information content (AvgIpc) is 2.81. The number of ether oxygens (including phenoxy) is 1. The van der Waals surface area contributed by atoms with Crippen molar-refractivity contribution >= 4 is 5.91 Å². The first-order valence-corrected chi connectivity index (χ1v) is 7.21. The Bertz CT molecular complexity index is 228. The molecule has 106 valence electrons. The van der Waals surface area contributed by atoms with E-state index in [0.717, 1.165) is 12.5 Å². The van der Waals surface area contributed by atoms with E-state index in [0.29, 0.717) is 13.2 Å². The highest BCUT2D eigenvalue weighted by Gasteiger charge is 2.14. The van der Waals surface area contributed by atoms with Gasteiger partial charge in [-0.3, -0.25) is 4.79 Å². The summed E-state index contributed by atoms with van der Waals surface area (Å²) in [6.45, 7) is 3.87. The van der Waals surface area contributed by atoms with E-state index in [4.69, 9.17) is 4.74 Å². The SMILES string of the molecule is COCC(C)NC(=O)CNCCCC1CCCC1. The van der Waals surface area contributed by atoms with Crippen LogP contribution in [0.4, 0.5) is 0 Å². The van der Waals surface area contributed by atoms with E-state index >= 15 is 0 Å². The zero-order valence-corrected chi connectivity index (χ0v) is 11.8. The second kappa shape index (κ2) is 9.34. The van der Waals surface area contributed by atoms with Gasteiger partial charge in [-0.25, -0.2) is 0 Å². The topological polar surface area (TPSA) is 50.4 Å². The summed E-state index contributed by atoms with van der Waals surface area (Å²) in [6, 6.07) is 0.0859. The third-order valence-corrected chi connectivity index (χ3v) is 3.55. The predicted octanol–water partition coefficient (Wildman–Crippen LogP) is 1.70. The Balaban J connectivity index is 1.91. The van der Waals surface area contributed by atoms with Crippen molar-refractivity contribution < 1.29 is 9.53 Å². The molecule has 0 aromatic rings. The maximum atomic E-state index is 11.5. The molecule has 0 bridgehead atoms. The van der Waals surface area contributed by atoms with Gasteiger partial charge in [0.1, 0.15) is 0 Å². The minimum atomic E-state index is 0.0559. The molecule has 1 fully saturated rings. The number of carbonyl (C=O) groups is 1. The highest BCUT2D eigenvalue weighted by Crippen LogP contribution is 2.28. The van der Waals surface area contributed by atoms with Gasteiger partial charge in [-0.15, -0.1) is 0 Å². The molecule has 1 saturated carbocycles. The highest BCUT2D eigenvalue weighted by atomic mass is 16.5. The fourth-order valence-corrected chi connectivity index (χ4v) is 2.63. The Labute approximate surface area is 111 Å². The summed E-state index contributed by atoms with van der Waals surface area (Å²) < 4.78 is 4.97. The molecule has 1 unspecified atom stereocenters. The van der Waals surface area contributed by atoms with Gasteiger partial charge in [0, 0.05) is 13.2 Å². The largest absolute Gasteiger partial charge is 0.383 e. The van der Waals surface area contributed by atoms with Gasteiger partial charge < -0.3 is 15.4 Å². The van der Waals surface area contributed by atoms with Gasteiger partial charge in [0.15, 0.2) is 0 Å². The van der Waals surface area contributed by atoms with Crippen molar-refractivity contribution in [2.75, 3.05) is 26.8 Å². The summed E-state index contributed by atoms with van der Waals surface area (Å²) in [5.41, 5.74) is 0. The molecule has 1 aliphatic rings. The van der Waals surface area contributed by atoms with Gasteiger partial charge >= 0.3 is 0 Å². The van der Waals surface area contributed by atoms with E-state index in [9.17, 15) is 4.79 Å². The zero-order chi connectivity index (χ0) is 13.2. The minimum Gasteiger partial charge on any atom is -0.383 e. The first kappa shape index (κ1) is 15.4. The van der Waals surface area contributed by atoms with Gasteiger partial charge in [0.25, 0.3) is 0 Å². The van der Waals surface area contributed by atoms with Gasteiger partial charge in [-0.1, -0.05) is 25.7 Å². The zero-order valence-electron chi connectivity index (χ0n) is 11.8. The molecule has 1 rings (SSSR count). The maximum Gasteiger partial charge on any atom is 0.234 e. The Morgan fingerprint density at radius 1 is 1.39 bits per heavy atom. The number of amides is 1. The minimum absolute atomic E-state index is 0.0559. The molecule has 0 radical (unpaired) electrons. The molecule has 1 aliphatic carbocycles. The number of carbonyl (C=O) groups excluding carboxylic acids is 1. The van der Waals surface area contributed by atoms with Crippen LogP contribution < -0.4 is 10.6 Å². The van der Waals surface area contributed by atoms with Crippen LogP contribution in [0.15, 0.2) is 0 Å². The van der Waals surface area contributed by atoms with Gasteiger partial charge in [-0.2, -0.15) is 0 Å². The van der Waals surface area contributed by atoms with E-state index in [1.54, 1.807) is 7.11 Å². The molecule has 0 aromatic heterocycles. The van der Waals surface area contributed by atoms with Crippen molar-refractivity contribution in [3.8, 4) is 0 Å². The molecule has 2 N–H and O–H groups in total. The van der Waals surface area contributed by atoms with Gasteiger partial charge in [-0.05, 0) is 32.2 Å². The molecule has 0 aliphatic heterocycles. The number of hydrogen-bond donors (Lipinski definition) is 2. The first-order valence-electron chi connectivity index (χ1n) is 7.21. The third kappa shape index (κ3) is 6.97. The molecular formula is C14H28N2O2. The van der Waals surface area contributed by atoms with Crippen molar-refractivity contribution in [2.45, 2.75) is 51.5 Å². The Hall–Kier alpha value is -0.610. The average molecular weight is 256 g/mol. The van der Waals surface area contributed by atoms with Gasteiger partial charge in [0.2, 0.25) is 5.91 Å². The Morgan fingerprint density at radius 3 is 2.78 bits per heavy atom. The summed E-state index contributed by atoms with van der Waals surface area (Å²) in [4.78, 5) is 11.5. The van der Waals surface area contributed by atoms with Crippen LogP contribution in [0, 0.1) is 5.92 Å². The molecule has 0 heterocycles. The molecule has 18 heavy (non-hydrogen) atoms. The Morgan fingerprint density at radius 2 is 2.11 bits per heavy atom. The van der Waals surface area contributed by atoms with Crippen molar-refractivity contribution in [3.05, 3.63) is 0 Å². The highest BCUT2D eigenvalue weighted by molar-refractivity contribution is 5.78. The molecule has 1 atom stereocenters. The molecule has 4 nitrogen and oxygen atoms in total. The van der Waals surface area contributed by atoms with E-state index in [1.807, 2.05) is 6.92 Å². The second-order valence-electron chi connectivity index (χ2n) is 5.39. The molecule has 1 amide bonds. The standard InChI is InChI=1S/C14H28N2O2/c1-12(11-18-2)16-14(17)10-15-9-5-8-13-6-3-4-7-13/h12-13,15H,3-11H2,1-2H3,(H,16,17). The lowest BCUT2D eigenvalue weighted by molar-refractivity contribution is -0.121. The predicted molar refractivity (Wildman–Crippen MR) is 73.5 cm³/mol. The van der Waals surface area contributed by atoms with Crippen LogP contribution in [0.5, 0.6) is 0 Å². The smallest absolute Gasteiger partial charge is 0.234 e. The van der Waals surface area contributed by atoms with Crippen LogP contribution in [0.1, 0.15) is 45.4 Å². The summed E-state index contributed by atoms with van der Waals surface area (Å²) >= 11 is 0.